The van der Waals surface area contributed by atoms with Crippen molar-refractivity contribution in [1.29, 1.82) is 0 Å². The highest BCUT2D eigenvalue weighted by atomic mass is 16.5. The van der Waals surface area contributed by atoms with E-state index in [1.807, 2.05) is 115 Å². The lowest BCUT2D eigenvalue weighted by Crippen LogP contribution is -2.48. The summed E-state index contributed by atoms with van der Waals surface area (Å²) in [5.41, 5.74) is 2.74. The molecule has 43 heavy (non-hydrogen) atoms. The molecule has 2 N–H and O–H groups in total. The number of ether oxygens (including phenoxy) is 2. The molecule has 1 amide bonds. The third-order valence-corrected chi connectivity index (χ3v) is 7.44. The van der Waals surface area contributed by atoms with Gasteiger partial charge in [0.2, 0.25) is 5.90 Å². The molecular weight excluding hydrogens is 536 g/mol. The number of nitrogens with one attached hydrogen (secondary N) is 1. The van der Waals surface area contributed by atoms with E-state index >= 15 is 0 Å². The number of amides is 1. The first-order valence-corrected chi connectivity index (χ1v) is 14.9. The molecule has 0 fully saturated rings. The van der Waals surface area contributed by atoms with E-state index in [0.717, 1.165) is 29.5 Å². The van der Waals surface area contributed by atoms with Gasteiger partial charge < -0.3 is 19.9 Å². The number of aliphatic imine (C=N–C) groups is 1. The topological polar surface area (TPSA) is 80.2 Å². The molecule has 0 unspecified atom stereocenters. The zero-order valence-electron chi connectivity index (χ0n) is 24.3. The SMILES string of the molecule is O=C(NCCCc1ccccc1)[C@]1(C/C=C/c2ccccc2)N=C(c2ccc(OCCCO)cc2)O[C@@H]1c1ccccc1. The molecule has 0 saturated carbocycles. The Kier molecular flexibility index (Phi) is 10.4. The Bertz CT molecular complexity index is 1490. The standard InChI is InChI=1S/C37H38N2O4/c40-27-12-28-42-33-23-21-32(22-24-33)35-39-37(25-10-17-29-13-4-1-5-14-29,34(43-35)31-19-8-3-9-20-31)36(41)38-26-11-18-30-15-6-2-7-16-30/h1-10,13-17,19-24,34,40H,11-12,18,25-28H2,(H,38,41)/b17-10+/t34-,37-/m1/s1. The van der Waals surface area contributed by atoms with Gasteiger partial charge in [-0.15, -0.1) is 0 Å². The predicted octanol–water partition coefficient (Wildman–Crippen LogP) is 6.56. The lowest BCUT2D eigenvalue weighted by atomic mass is 9.84. The number of rotatable bonds is 14. The van der Waals surface area contributed by atoms with Crippen LogP contribution in [0.3, 0.4) is 0 Å². The van der Waals surface area contributed by atoms with Crippen LogP contribution in [0.1, 0.15) is 47.6 Å². The molecular formula is C37H38N2O4. The van der Waals surface area contributed by atoms with Gasteiger partial charge in [0, 0.05) is 31.6 Å². The van der Waals surface area contributed by atoms with Crippen molar-refractivity contribution < 1.29 is 19.4 Å². The Balaban J connectivity index is 1.44. The Hall–Kier alpha value is -4.68. The molecule has 6 nitrogen and oxygen atoms in total. The minimum Gasteiger partial charge on any atom is -0.494 e. The molecule has 4 aromatic rings. The molecule has 0 spiro atoms. The van der Waals surface area contributed by atoms with Crippen LogP contribution in [-0.2, 0) is 16.0 Å². The Morgan fingerprint density at radius 3 is 2.26 bits per heavy atom. The van der Waals surface area contributed by atoms with Crippen molar-refractivity contribution in [3.05, 3.63) is 144 Å². The van der Waals surface area contributed by atoms with Gasteiger partial charge in [-0.3, -0.25) is 4.79 Å². The molecule has 0 bridgehead atoms. The first-order chi connectivity index (χ1) is 21.2. The lowest BCUT2D eigenvalue weighted by molar-refractivity contribution is -0.128. The number of hydrogen-bond donors (Lipinski definition) is 2. The molecule has 2 atom stereocenters. The fourth-order valence-electron chi connectivity index (χ4n) is 5.17. The highest BCUT2D eigenvalue weighted by Crippen LogP contribution is 2.43. The normalized spacial score (nSPS) is 17.8. The molecule has 0 aliphatic carbocycles. The average Bonchev–Trinajstić information content (AvgIpc) is 3.46. The summed E-state index contributed by atoms with van der Waals surface area (Å²) in [6, 6.07) is 37.7. The zero-order chi connectivity index (χ0) is 29.7. The minimum atomic E-state index is -1.20. The van der Waals surface area contributed by atoms with Crippen molar-refractivity contribution in [2.45, 2.75) is 37.3 Å². The summed E-state index contributed by atoms with van der Waals surface area (Å²) < 4.78 is 12.3. The predicted molar refractivity (Wildman–Crippen MR) is 171 cm³/mol. The van der Waals surface area contributed by atoms with Crippen molar-refractivity contribution >= 4 is 17.9 Å². The molecule has 220 valence electrons. The maximum Gasteiger partial charge on any atom is 0.252 e. The molecule has 5 rings (SSSR count). The van der Waals surface area contributed by atoms with E-state index in [1.54, 1.807) is 0 Å². The van der Waals surface area contributed by atoms with Crippen LogP contribution in [-0.4, -0.2) is 42.2 Å². The number of carbonyl (C=O) groups is 1. The summed E-state index contributed by atoms with van der Waals surface area (Å²) in [7, 11) is 0. The molecule has 0 aromatic heterocycles. The molecule has 4 aromatic carbocycles. The van der Waals surface area contributed by atoms with E-state index in [1.165, 1.54) is 5.56 Å². The third kappa shape index (κ3) is 7.79. The molecule has 6 heteroatoms. The van der Waals surface area contributed by atoms with E-state index in [-0.39, 0.29) is 12.5 Å². The second-order valence-corrected chi connectivity index (χ2v) is 10.6. The zero-order valence-corrected chi connectivity index (χ0v) is 24.3. The van der Waals surface area contributed by atoms with Crippen molar-refractivity contribution in [1.82, 2.24) is 5.32 Å². The van der Waals surface area contributed by atoms with E-state index in [2.05, 4.69) is 17.4 Å². The summed E-state index contributed by atoms with van der Waals surface area (Å²) in [5, 5.41) is 12.2. The largest absolute Gasteiger partial charge is 0.494 e. The van der Waals surface area contributed by atoms with Crippen molar-refractivity contribution in [3.63, 3.8) is 0 Å². The van der Waals surface area contributed by atoms with Crippen molar-refractivity contribution in [3.8, 4) is 5.75 Å². The van der Waals surface area contributed by atoms with Crippen LogP contribution in [0.5, 0.6) is 5.75 Å². The fraction of sp³-hybridized carbons (Fsp3) is 0.243. The van der Waals surface area contributed by atoms with Crippen LogP contribution < -0.4 is 10.1 Å². The summed E-state index contributed by atoms with van der Waals surface area (Å²) in [5.74, 6) is 0.956. The second kappa shape index (κ2) is 15.0. The van der Waals surface area contributed by atoms with Gasteiger partial charge in [0.15, 0.2) is 11.6 Å². The van der Waals surface area contributed by atoms with E-state index in [0.29, 0.717) is 37.6 Å². The van der Waals surface area contributed by atoms with Crippen molar-refractivity contribution in [2.24, 2.45) is 4.99 Å². The molecule has 1 aliphatic heterocycles. The van der Waals surface area contributed by atoms with Crippen LogP contribution >= 0.6 is 0 Å². The summed E-state index contributed by atoms with van der Waals surface area (Å²) in [6.45, 7) is 1.05. The highest BCUT2D eigenvalue weighted by Gasteiger charge is 2.52. The number of aliphatic hydroxyl groups excluding tert-OH is 1. The van der Waals surface area contributed by atoms with Crippen LogP contribution in [0.15, 0.2) is 126 Å². The van der Waals surface area contributed by atoms with Crippen LogP contribution in [0.25, 0.3) is 6.08 Å². The van der Waals surface area contributed by atoms with Crippen LogP contribution in [0.4, 0.5) is 0 Å². The average molecular weight is 575 g/mol. The number of aliphatic hydroxyl groups is 1. The van der Waals surface area contributed by atoms with Gasteiger partial charge in [-0.1, -0.05) is 103 Å². The monoisotopic (exact) mass is 574 g/mol. The molecule has 1 heterocycles. The number of carbonyl (C=O) groups excluding carboxylic acids is 1. The molecule has 0 radical (unpaired) electrons. The highest BCUT2D eigenvalue weighted by molar-refractivity contribution is 6.01. The quantitative estimate of drug-likeness (QED) is 0.167. The number of hydrogen-bond acceptors (Lipinski definition) is 5. The minimum absolute atomic E-state index is 0.0821. The summed E-state index contributed by atoms with van der Waals surface area (Å²) >= 11 is 0. The Morgan fingerprint density at radius 1 is 0.884 bits per heavy atom. The van der Waals surface area contributed by atoms with Crippen LogP contribution in [0, 0.1) is 0 Å². The van der Waals surface area contributed by atoms with E-state index < -0.39 is 11.6 Å². The fourth-order valence-corrected chi connectivity index (χ4v) is 5.17. The lowest BCUT2D eigenvalue weighted by Gasteiger charge is -2.29. The molecule has 0 saturated heterocycles. The van der Waals surface area contributed by atoms with Gasteiger partial charge in [0.05, 0.1) is 6.61 Å². The van der Waals surface area contributed by atoms with E-state index in [9.17, 15) is 4.79 Å². The van der Waals surface area contributed by atoms with Gasteiger partial charge >= 0.3 is 0 Å². The van der Waals surface area contributed by atoms with E-state index in [4.69, 9.17) is 19.6 Å². The van der Waals surface area contributed by atoms with Crippen LogP contribution in [0.2, 0.25) is 0 Å². The van der Waals surface area contributed by atoms with Gasteiger partial charge in [0.25, 0.3) is 5.91 Å². The smallest absolute Gasteiger partial charge is 0.252 e. The van der Waals surface area contributed by atoms with Gasteiger partial charge in [-0.25, -0.2) is 4.99 Å². The molecule has 1 aliphatic rings. The Morgan fingerprint density at radius 2 is 1.56 bits per heavy atom. The van der Waals surface area contributed by atoms with Gasteiger partial charge in [0.1, 0.15) is 5.75 Å². The first kappa shape index (κ1) is 29.8. The number of nitrogens with zero attached hydrogens (tertiary/aromatic N) is 1. The third-order valence-electron chi connectivity index (χ3n) is 7.44. The first-order valence-electron chi connectivity index (χ1n) is 14.9. The second-order valence-electron chi connectivity index (χ2n) is 10.6. The van der Waals surface area contributed by atoms with Gasteiger partial charge in [-0.2, -0.15) is 0 Å². The number of aryl methyl sites for hydroxylation is 1. The summed E-state index contributed by atoms with van der Waals surface area (Å²) in [4.78, 5) is 19.3. The maximum atomic E-state index is 14.2. The summed E-state index contributed by atoms with van der Waals surface area (Å²) in [6.07, 6.45) is 6.05. The number of benzene rings is 4. The van der Waals surface area contributed by atoms with Crippen molar-refractivity contribution in [2.75, 3.05) is 19.8 Å². The van der Waals surface area contributed by atoms with Gasteiger partial charge in [-0.05, 0) is 53.8 Å². The Labute approximate surface area is 253 Å². The maximum absolute atomic E-state index is 14.2.